The number of carbonyl (C=O) groups excluding carboxylic acids is 1. The van der Waals surface area contributed by atoms with E-state index in [0.29, 0.717) is 17.7 Å². The van der Waals surface area contributed by atoms with Gasteiger partial charge in [-0.3, -0.25) is 0 Å². The number of hydrogen-bond acceptors (Lipinski definition) is 3. The molecule has 2 aromatic carbocycles. The molecule has 0 bridgehead atoms. The molecule has 0 aliphatic heterocycles. The predicted molar refractivity (Wildman–Crippen MR) is 86.2 cm³/mol. The van der Waals surface area contributed by atoms with Crippen LogP contribution in [-0.2, 0) is 11.2 Å². The lowest BCUT2D eigenvalue weighted by molar-refractivity contribution is -0.128. The molecule has 0 aliphatic rings. The van der Waals surface area contributed by atoms with Crippen LogP contribution >= 0.6 is 0 Å². The molecule has 0 saturated heterocycles. The molecule has 0 heterocycles. The van der Waals surface area contributed by atoms with E-state index in [0.717, 1.165) is 11.1 Å². The van der Waals surface area contributed by atoms with Gasteiger partial charge in [0.15, 0.2) is 5.75 Å². The van der Waals surface area contributed by atoms with Crippen LogP contribution in [0.1, 0.15) is 16.7 Å². The van der Waals surface area contributed by atoms with E-state index in [1.807, 2.05) is 42.5 Å². The zero-order valence-corrected chi connectivity index (χ0v) is 12.0. The highest BCUT2D eigenvalue weighted by Crippen LogP contribution is 2.24. The normalized spacial score (nSPS) is 10.1. The Kier molecular flexibility index (Phi) is 5.28. The number of allylic oxidation sites excluding steroid dienone is 1. The third-order valence-corrected chi connectivity index (χ3v) is 3.00. The molecular weight excluding hydrogens is 274 g/mol. The first-order chi connectivity index (χ1) is 10.7. The lowest BCUT2D eigenvalue weighted by Crippen LogP contribution is -2.07. The Bertz CT molecular complexity index is 740. The monoisotopic (exact) mass is 289 g/mol. The SMILES string of the molecule is C=CCc1cccc(C#N)c1OC(=O)/C=C/c1ccccc1. The Balaban J connectivity index is 2.19. The van der Waals surface area contributed by atoms with Crippen LogP contribution in [0.25, 0.3) is 6.08 Å². The number of para-hydroxylation sites is 1. The van der Waals surface area contributed by atoms with E-state index < -0.39 is 5.97 Å². The fraction of sp³-hybridized carbons (Fsp3) is 0.0526. The first-order valence-electron chi connectivity index (χ1n) is 6.82. The average molecular weight is 289 g/mol. The summed E-state index contributed by atoms with van der Waals surface area (Å²) in [6, 6.07) is 16.7. The molecule has 0 spiro atoms. The summed E-state index contributed by atoms with van der Waals surface area (Å²) in [6.45, 7) is 3.67. The van der Waals surface area contributed by atoms with E-state index in [-0.39, 0.29) is 0 Å². The number of esters is 1. The van der Waals surface area contributed by atoms with Gasteiger partial charge in [0.25, 0.3) is 0 Å². The van der Waals surface area contributed by atoms with Gasteiger partial charge in [0.1, 0.15) is 6.07 Å². The van der Waals surface area contributed by atoms with Crippen molar-refractivity contribution in [2.45, 2.75) is 6.42 Å². The van der Waals surface area contributed by atoms with Crippen LogP contribution in [0.15, 0.2) is 67.3 Å². The maximum atomic E-state index is 12.0. The smallest absolute Gasteiger partial charge is 0.336 e. The second-order valence-corrected chi connectivity index (χ2v) is 4.56. The third kappa shape index (κ3) is 3.94. The van der Waals surface area contributed by atoms with Crippen LogP contribution in [0.5, 0.6) is 5.75 Å². The van der Waals surface area contributed by atoms with Crippen molar-refractivity contribution in [1.82, 2.24) is 0 Å². The minimum atomic E-state index is -0.517. The number of carbonyl (C=O) groups is 1. The van der Waals surface area contributed by atoms with Crippen molar-refractivity contribution in [3.8, 4) is 11.8 Å². The van der Waals surface area contributed by atoms with Gasteiger partial charge in [-0.15, -0.1) is 6.58 Å². The molecule has 0 aromatic heterocycles. The third-order valence-electron chi connectivity index (χ3n) is 3.00. The molecule has 3 heteroatoms. The molecule has 2 aromatic rings. The van der Waals surface area contributed by atoms with Crippen molar-refractivity contribution < 1.29 is 9.53 Å². The summed E-state index contributed by atoms with van der Waals surface area (Å²) in [7, 11) is 0. The summed E-state index contributed by atoms with van der Waals surface area (Å²) in [4.78, 5) is 12.0. The fourth-order valence-electron chi connectivity index (χ4n) is 1.97. The summed E-state index contributed by atoms with van der Waals surface area (Å²) in [6.07, 6.45) is 5.25. The van der Waals surface area contributed by atoms with Gasteiger partial charge in [-0.2, -0.15) is 5.26 Å². The topological polar surface area (TPSA) is 50.1 Å². The maximum absolute atomic E-state index is 12.0. The molecule has 3 nitrogen and oxygen atoms in total. The molecule has 0 fully saturated rings. The molecule has 0 radical (unpaired) electrons. The molecule has 108 valence electrons. The number of nitriles is 1. The quantitative estimate of drug-likeness (QED) is 0.363. The van der Waals surface area contributed by atoms with Gasteiger partial charge in [-0.25, -0.2) is 4.79 Å². The van der Waals surface area contributed by atoms with E-state index >= 15 is 0 Å². The molecule has 0 unspecified atom stereocenters. The van der Waals surface area contributed by atoms with Gasteiger partial charge in [-0.05, 0) is 24.1 Å². The Morgan fingerprint density at radius 1 is 1.18 bits per heavy atom. The molecule has 2 rings (SSSR count). The van der Waals surface area contributed by atoms with Crippen LogP contribution in [0, 0.1) is 11.3 Å². The zero-order chi connectivity index (χ0) is 15.8. The lowest BCUT2D eigenvalue weighted by Gasteiger charge is -2.09. The zero-order valence-electron chi connectivity index (χ0n) is 12.0. The summed E-state index contributed by atoms with van der Waals surface area (Å²) in [5, 5.41) is 9.15. The van der Waals surface area contributed by atoms with Gasteiger partial charge >= 0.3 is 5.97 Å². The van der Waals surface area contributed by atoms with Crippen LogP contribution in [-0.4, -0.2) is 5.97 Å². The minimum Gasteiger partial charge on any atom is -0.422 e. The number of hydrogen-bond donors (Lipinski definition) is 0. The molecule has 0 N–H and O–H groups in total. The number of nitrogens with zero attached hydrogens (tertiary/aromatic N) is 1. The molecular formula is C19H15NO2. The fourth-order valence-corrected chi connectivity index (χ4v) is 1.97. The number of ether oxygens (including phenoxy) is 1. The van der Waals surface area contributed by atoms with Crippen molar-refractivity contribution in [3.63, 3.8) is 0 Å². The second kappa shape index (κ2) is 7.61. The summed E-state index contributed by atoms with van der Waals surface area (Å²) in [5.74, 6) is -0.218. The molecule has 0 atom stereocenters. The Morgan fingerprint density at radius 2 is 1.95 bits per heavy atom. The Labute approximate surface area is 129 Å². The van der Waals surface area contributed by atoms with Crippen molar-refractivity contribution in [2.75, 3.05) is 0 Å². The molecule has 0 aliphatic carbocycles. The number of rotatable bonds is 5. The van der Waals surface area contributed by atoms with Gasteiger partial charge in [-0.1, -0.05) is 48.5 Å². The Hall–Kier alpha value is -3.12. The molecule has 0 amide bonds. The van der Waals surface area contributed by atoms with Gasteiger partial charge in [0.05, 0.1) is 5.56 Å². The molecule has 22 heavy (non-hydrogen) atoms. The summed E-state index contributed by atoms with van der Waals surface area (Å²) in [5.41, 5.74) is 2.00. The van der Waals surface area contributed by atoms with Gasteiger partial charge in [0, 0.05) is 11.6 Å². The largest absolute Gasteiger partial charge is 0.422 e. The summed E-state index contributed by atoms with van der Waals surface area (Å²) < 4.78 is 5.35. The minimum absolute atomic E-state index is 0.299. The van der Waals surface area contributed by atoms with E-state index in [9.17, 15) is 4.79 Å². The van der Waals surface area contributed by atoms with E-state index in [4.69, 9.17) is 10.00 Å². The lowest BCUT2D eigenvalue weighted by atomic mass is 10.1. The molecule has 0 saturated carbocycles. The van der Waals surface area contributed by atoms with Crippen molar-refractivity contribution >= 4 is 12.0 Å². The van der Waals surface area contributed by atoms with E-state index in [1.165, 1.54) is 6.08 Å². The van der Waals surface area contributed by atoms with Crippen LogP contribution in [0.2, 0.25) is 0 Å². The predicted octanol–water partition coefficient (Wildman–Crippen LogP) is 3.91. The average Bonchev–Trinajstić information content (AvgIpc) is 2.55. The maximum Gasteiger partial charge on any atom is 0.336 e. The van der Waals surface area contributed by atoms with Crippen molar-refractivity contribution in [3.05, 3.63) is 84.0 Å². The standard InChI is InChI=1S/C19H15NO2/c1-2-7-16-10-6-11-17(14-20)19(16)22-18(21)13-12-15-8-4-3-5-9-15/h2-6,8-13H,1,7H2/b13-12+. The van der Waals surface area contributed by atoms with Crippen LogP contribution in [0.4, 0.5) is 0 Å². The van der Waals surface area contributed by atoms with Crippen LogP contribution < -0.4 is 4.74 Å². The highest BCUT2D eigenvalue weighted by Gasteiger charge is 2.11. The van der Waals surface area contributed by atoms with Gasteiger partial charge in [0.2, 0.25) is 0 Å². The summed E-state index contributed by atoms with van der Waals surface area (Å²) >= 11 is 0. The van der Waals surface area contributed by atoms with E-state index in [2.05, 4.69) is 6.58 Å². The highest BCUT2D eigenvalue weighted by molar-refractivity contribution is 5.89. The number of benzene rings is 2. The van der Waals surface area contributed by atoms with Crippen LogP contribution in [0.3, 0.4) is 0 Å². The van der Waals surface area contributed by atoms with Crippen molar-refractivity contribution in [1.29, 1.82) is 5.26 Å². The highest BCUT2D eigenvalue weighted by atomic mass is 16.5. The first-order valence-corrected chi connectivity index (χ1v) is 6.82. The first kappa shape index (κ1) is 15.3. The Morgan fingerprint density at radius 3 is 2.64 bits per heavy atom. The van der Waals surface area contributed by atoms with Gasteiger partial charge < -0.3 is 4.74 Å². The second-order valence-electron chi connectivity index (χ2n) is 4.56. The van der Waals surface area contributed by atoms with Crippen molar-refractivity contribution in [2.24, 2.45) is 0 Å². The van der Waals surface area contributed by atoms with E-state index in [1.54, 1.807) is 24.3 Å².